The molecule has 2 aromatic rings. The molecule has 39 heavy (non-hydrogen) atoms. The average Bonchev–Trinajstić information content (AvgIpc) is 3.43. The van der Waals surface area contributed by atoms with Crippen molar-refractivity contribution in [1.82, 2.24) is 10.2 Å². The lowest BCUT2D eigenvalue weighted by Gasteiger charge is -2.31. The van der Waals surface area contributed by atoms with Gasteiger partial charge < -0.3 is 20.2 Å². The van der Waals surface area contributed by atoms with Crippen molar-refractivity contribution in [2.45, 2.75) is 43.7 Å². The Hall–Kier alpha value is -3.32. The lowest BCUT2D eigenvalue weighted by molar-refractivity contribution is -0.192. The van der Waals surface area contributed by atoms with Gasteiger partial charge in [0.15, 0.2) is 0 Å². The third-order valence-corrected chi connectivity index (χ3v) is 7.82. The molecule has 0 radical (unpaired) electrons. The number of carbonyl (C=O) groups excluding carboxylic acids is 1. The van der Waals surface area contributed by atoms with E-state index in [4.69, 9.17) is 9.90 Å². The predicted molar refractivity (Wildman–Crippen MR) is 142 cm³/mol. The number of carboxylic acid groups (broad SMARTS) is 1. The summed E-state index contributed by atoms with van der Waals surface area (Å²) in [6, 6.07) is 12.4. The van der Waals surface area contributed by atoms with Gasteiger partial charge in [0.25, 0.3) is 15.9 Å². The summed E-state index contributed by atoms with van der Waals surface area (Å²) in [5.74, 6) is -2.48. The minimum Gasteiger partial charge on any atom is -0.475 e. The number of anilines is 2. The van der Waals surface area contributed by atoms with Crippen LogP contribution in [-0.4, -0.2) is 75.7 Å². The van der Waals surface area contributed by atoms with E-state index in [0.29, 0.717) is 17.2 Å². The first-order valence-electron chi connectivity index (χ1n) is 12.6. The molecule has 214 valence electrons. The summed E-state index contributed by atoms with van der Waals surface area (Å²) in [5.41, 5.74) is 2.85. The van der Waals surface area contributed by atoms with E-state index >= 15 is 0 Å². The quantitative estimate of drug-likeness (QED) is 0.482. The molecule has 0 saturated carbocycles. The van der Waals surface area contributed by atoms with Crippen LogP contribution >= 0.6 is 0 Å². The normalized spacial score (nSPS) is 16.1. The Morgan fingerprint density at radius 3 is 2.05 bits per heavy atom. The zero-order chi connectivity index (χ0) is 28.8. The van der Waals surface area contributed by atoms with Crippen molar-refractivity contribution in [1.29, 1.82) is 0 Å². The van der Waals surface area contributed by atoms with E-state index < -0.39 is 22.2 Å². The third kappa shape index (κ3) is 8.09. The summed E-state index contributed by atoms with van der Waals surface area (Å²) in [5, 5.41) is 10.4. The fourth-order valence-electron chi connectivity index (χ4n) is 4.27. The van der Waals surface area contributed by atoms with Crippen LogP contribution in [0.3, 0.4) is 0 Å². The van der Waals surface area contributed by atoms with Crippen molar-refractivity contribution >= 4 is 33.3 Å². The Morgan fingerprint density at radius 1 is 0.974 bits per heavy atom. The number of rotatable bonds is 6. The molecule has 0 spiro atoms. The summed E-state index contributed by atoms with van der Waals surface area (Å²) in [7, 11) is -3.80. The summed E-state index contributed by atoms with van der Waals surface area (Å²) in [4.78, 5) is 26.0. The van der Waals surface area contributed by atoms with E-state index in [1.165, 1.54) is 0 Å². The number of piperazine rings is 1. The molecule has 0 aromatic heterocycles. The molecular formula is C26H33F3N4O5S. The van der Waals surface area contributed by atoms with Crippen molar-refractivity contribution in [2.75, 3.05) is 48.9 Å². The van der Waals surface area contributed by atoms with Crippen molar-refractivity contribution in [3.05, 3.63) is 53.6 Å². The Labute approximate surface area is 226 Å². The van der Waals surface area contributed by atoms with Gasteiger partial charge in [0.05, 0.1) is 16.3 Å². The first-order valence-corrected chi connectivity index (χ1v) is 14.1. The van der Waals surface area contributed by atoms with Crippen molar-refractivity contribution in [3.8, 4) is 0 Å². The molecule has 0 atom stereocenters. The molecule has 2 fully saturated rings. The number of alkyl halides is 3. The molecule has 2 heterocycles. The number of amides is 1. The predicted octanol–water partition coefficient (Wildman–Crippen LogP) is 3.89. The van der Waals surface area contributed by atoms with Crippen LogP contribution in [0.5, 0.6) is 0 Å². The molecule has 2 aliphatic rings. The van der Waals surface area contributed by atoms with E-state index in [1.807, 2.05) is 29.2 Å². The Bertz CT molecular complexity index is 1260. The van der Waals surface area contributed by atoms with Crippen LogP contribution in [0.1, 0.15) is 48.5 Å². The SMILES string of the molecule is CC(C)c1ccc(S(=O)(=O)Nc2cc(C(=O)N3CCCC3)ccc2N2CCNCC2)cc1.O=C(O)C(F)(F)F. The highest BCUT2D eigenvalue weighted by molar-refractivity contribution is 7.92. The number of hydrogen-bond acceptors (Lipinski definition) is 6. The Balaban J connectivity index is 0.000000532. The maximum Gasteiger partial charge on any atom is 0.490 e. The second kappa shape index (κ2) is 12.7. The number of benzene rings is 2. The van der Waals surface area contributed by atoms with Gasteiger partial charge in [0.1, 0.15) is 0 Å². The van der Waals surface area contributed by atoms with Gasteiger partial charge in [-0.1, -0.05) is 26.0 Å². The molecule has 4 rings (SSSR count). The summed E-state index contributed by atoms with van der Waals surface area (Å²) < 4.78 is 60.9. The number of nitrogens with zero attached hydrogens (tertiary/aromatic N) is 2. The Kier molecular flexibility index (Phi) is 9.83. The number of halogens is 3. The monoisotopic (exact) mass is 570 g/mol. The molecule has 1 amide bonds. The number of carbonyl (C=O) groups is 2. The van der Waals surface area contributed by atoms with Gasteiger partial charge in [0, 0.05) is 44.8 Å². The van der Waals surface area contributed by atoms with Crippen LogP contribution in [0.15, 0.2) is 47.4 Å². The third-order valence-electron chi connectivity index (χ3n) is 6.44. The molecule has 2 aromatic carbocycles. The van der Waals surface area contributed by atoms with Crippen molar-refractivity contribution in [3.63, 3.8) is 0 Å². The van der Waals surface area contributed by atoms with Crippen LogP contribution in [0.25, 0.3) is 0 Å². The molecule has 0 aliphatic carbocycles. The van der Waals surface area contributed by atoms with Crippen LogP contribution in [0, 0.1) is 0 Å². The number of hydrogen-bond donors (Lipinski definition) is 3. The zero-order valence-corrected chi connectivity index (χ0v) is 22.6. The van der Waals surface area contributed by atoms with E-state index in [9.17, 15) is 26.4 Å². The summed E-state index contributed by atoms with van der Waals surface area (Å²) in [6.07, 6.45) is -3.06. The van der Waals surface area contributed by atoms with Crippen LogP contribution in [0.4, 0.5) is 24.5 Å². The largest absolute Gasteiger partial charge is 0.490 e. The lowest BCUT2D eigenvalue weighted by atomic mass is 10.0. The van der Waals surface area contributed by atoms with Gasteiger partial charge in [-0.15, -0.1) is 0 Å². The average molecular weight is 571 g/mol. The fraction of sp³-hybridized carbons (Fsp3) is 0.462. The molecule has 3 N–H and O–H groups in total. The minimum atomic E-state index is -5.08. The molecule has 0 bridgehead atoms. The van der Waals surface area contributed by atoms with Gasteiger partial charge in [-0.3, -0.25) is 9.52 Å². The van der Waals surface area contributed by atoms with Crippen molar-refractivity contribution < 1.29 is 36.3 Å². The van der Waals surface area contributed by atoms with Crippen LogP contribution in [-0.2, 0) is 14.8 Å². The van der Waals surface area contributed by atoms with Crippen molar-refractivity contribution in [2.24, 2.45) is 0 Å². The Morgan fingerprint density at radius 2 is 1.54 bits per heavy atom. The highest BCUT2D eigenvalue weighted by Gasteiger charge is 2.38. The van der Waals surface area contributed by atoms with Gasteiger partial charge >= 0.3 is 12.1 Å². The number of aliphatic carboxylic acids is 1. The van der Waals surface area contributed by atoms with E-state index in [-0.39, 0.29) is 10.8 Å². The second-order valence-electron chi connectivity index (χ2n) is 9.60. The molecule has 2 aliphatic heterocycles. The first-order chi connectivity index (χ1) is 18.3. The number of carboxylic acids is 1. The van der Waals surface area contributed by atoms with E-state index in [2.05, 4.69) is 28.8 Å². The maximum atomic E-state index is 13.2. The number of likely N-dealkylation sites (tertiary alicyclic amines) is 1. The highest BCUT2D eigenvalue weighted by Crippen LogP contribution is 2.31. The van der Waals surface area contributed by atoms with E-state index in [0.717, 1.165) is 63.4 Å². The standard InChI is InChI=1S/C24H32N4O3S.C2HF3O2/c1-18(2)19-5-8-21(9-6-19)32(30,31)26-22-17-20(24(29)28-13-3-4-14-28)7-10-23(22)27-15-11-25-12-16-27;3-2(4,5)1(6)7/h5-10,17-18,25-26H,3-4,11-16H2,1-2H3;(H,6,7). The summed E-state index contributed by atoms with van der Waals surface area (Å²) in [6.45, 7) is 8.86. The van der Waals surface area contributed by atoms with Crippen LogP contribution in [0.2, 0.25) is 0 Å². The molecule has 9 nitrogen and oxygen atoms in total. The zero-order valence-electron chi connectivity index (χ0n) is 21.8. The highest BCUT2D eigenvalue weighted by atomic mass is 32.2. The maximum absolute atomic E-state index is 13.2. The molecule has 2 saturated heterocycles. The number of sulfonamides is 1. The second-order valence-corrected chi connectivity index (χ2v) is 11.3. The molecule has 13 heteroatoms. The molecule has 0 unspecified atom stereocenters. The topological polar surface area (TPSA) is 119 Å². The lowest BCUT2D eigenvalue weighted by Crippen LogP contribution is -2.43. The smallest absolute Gasteiger partial charge is 0.475 e. The van der Waals surface area contributed by atoms with Gasteiger partial charge in [-0.05, 0) is 54.7 Å². The molecular weight excluding hydrogens is 537 g/mol. The van der Waals surface area contributed by atoms with Gasteiger partial charge in [-0.2, -0.15) is 13.2 Å². The minimum absolute atomic E-state index is 0.0453. The van der Waals surface area contributed by atoms with E-state index in [1.54, 1.807) is 18.2 Å². The first kappa shape index (κ1) is 30.2. The van der Waals surface area contributed by atoms with Crippen LogP contribution < -0.4 is 14.9 Å². The van der Waals surface area contributed by atoms with Gasteiger partial charge in [0.2, 0.25) is 0 Å². The summed E-state index contributed by atoms with van der Waals surface area (Å²) >= 11 is 0. The number of nitrogens with one attached hydrogen (secondary N) is 2. The van der Waals surface area contributed by atoms with Gasteiger partial charge in [-0.25, -0.2) is 13.2 Å². The fourth-order valence-corrected chi connectivity index (χ4v) is 5.34.